The first kappa shape index (κ1) is 18.1. The molecule has 1 amide bonds. The average Bonchev–Trinajstić information content (AvgIpc) is 3.08. The number of sulfonamides is 1. The summed E-state index contributed by atoms with van der Waals surface area (Å²) in [5.41, 5.74) is 1.49. The Kier molecular flexibility index (Phi) is 4.51. The Balaban J connectivity index is 1.78. The summed E-state index contributed by atoms with van der Waals surface area (Å²) < 4.78 is 25.5. The monoisotopic (exact) mass is 389 g/mol. The van der Waals surface area contributed by atoms with Gasteiger partial charge < -0.3 is 4.90 Å². The molecule has 27 heavy (non-hydrogen) atoms. The van der Waals surface area contributed by atoms with Crippen LogP contribution in [0, 0.1) is 0 Å². The molecule has 1 unspecified atom stereocenters. The Morgan fingerprint density at radius 3 is 2.37 bits per heavy atom. The zero-order valence-electron chi connectivity index (χ0n) is 15.5. The Morgan fingerprint density at radius 1 is 1.04 bits per heavy atom. The minimum absolute atomic E-state index is 0.209. The molecule has 2 aliphatic heterocycles. The molecule has 0 saturated carbocycles. The van der Waals surface area contributed by atoms with E-state index in [-0.39, 0.29) is 5.91 Å². The first-order valence-electron chi connectivity index (χ1n) is 9.12. The van der Waals surface area contributed by atoms with Gasteiger partial charge in [-0.15, -0.1) is 0 Å². The minimum Gasteiger partial charge on any atom is -0.357 e. The third-order valence-electron chi connectivity index (χ3n) is 5.21. The van der Waals surface area contributed by atoms with Crippen LogP contribution in [-0.4, -0.2) is 67.6 Å². The van der Waals surface area contributed by atoms with E-state index in [9.17, 15) is 13.2 Å². The van der Waals surface area contributed by atoms with Crippen molar-refractivity contribution < 1.29 is 13.2 Å². The van der Waals surface area contributed by atoms with Gasteiger partial charge in [-0.2, -0.15) is 4.31 Å². The molecular weight excluding hydrogens is 366 g/mol. The van der Waals surface area contributed by atoms with E-state index in [0.29, 0.717) is 37.6 Å². The second kappa shape index (κ2) is 6.72. The van der Waals surface area contributed by atoms with Gasteiger partial charge in [-0.05, 0) is 31.4 Å². The van der Waals surface area contributed by atoms with Crippen LogP contribution in [0.2, 0.25) is 0 Å². The van der Waals surface area contributed by atoms with Crippen molar-refractivity contribution in [2.45, 2.75) is 25.3 Å². The van der Waals surface area contributed by atoms with Crippen LogP contribution in [0.25, 0.3) is 11.0 Å². The molecule has 0 N–H and O–H groups in total. The molecule has 3 heterocycles. The smallest absolute Gasteiger partial charge is 0.246 e. The topological polar surface area (TPSA) is 86.7 Å². The Hall–Kier alpha value is -2.26. The van der Waals surface area contributed by atoms with Gasteiger partial charge in [0, 0.05) is 26.7 Å². The Labute approximate surface area is 158 Å². The zero-order valence-corrected chi connectivity index (χ0v) is 16.3. The molecule has 9 heteroatoms. The van der Waals surface area contributed by atoms with Crippen molar-refractivity contribution in [2.75, 3.05) is 42.7 Å². The number of para-hydroxylation sites is 2. The Bertz CT molecular complexity index is 994. The second-order valence-corrected chi connectivity index (χ2v) is 9.09. The van der Waals surface area contributed by atoms with Gasteiger partial charge in [-0.25, -0.2) is 18.4 Å². The lowest BCUT2D eigenvalue weighted by atomic mass is 10.2. The number of amides is 1. The van der Waals surface area contributed by atoms with Crippen molar-refractivity contribution in [3.63, 3.8) is 0 Å². The van der Waals surface area contributed by atoms with Crippen molar-refractivity contribution in [3.05, 3.63) is 24.3 Å². The summed E-state index contributed by atoms with van der Waals surface area (Å²) in [4.78, 5) is 26.4. The number of carbonyl (C=O) groups is 1. The van der Waals surface area contributed by atoms with E-state index in [1.54, 1.807) is 4.90 Å². The number of aromatic nitrogens is 2. The summed E-state index contributed by atoms with van der Waals surface area (Å²) >= 11 is 0. The van der Waals surface area contributed by atoms with Gasteiger partial charge in [0.2, 0.25) is 15.9 Å². The van der Waals surface area contributed by atoms with Crippen molar-refractivity contribution in [1.29, 1.82) is 0 Å². The maximum absolute atomic E-state index is 13.3. The fourth-order valence-corrected chi connectivity index (χ4v) is 4.99. The highest BCUT2D eigenvalue weighted by atomic mass is 32.2. The third kappa shape index (κ3) is 3.25. The van der Waals surface area contributed by atoms with Gasteiger partial charge in [0.1, 0.15) is 6.04 Å². The van der Waals surface area contributed by atoms with Crippen molar-refractivity contribution in [1.82, 2.24) is 14.3 Å². The summed E-state index contributed by atoms with van der Waals surface area (Å²) in [6.07, 6.45) is 3.15. The minimum atomic E-state index is -3.43. The number of nitrogens with zero attached hydrogens (tertiary/aromatic N) is 5. The number of hydrogen-bond acceptors (Lipinski definition) is 6. The van der Waals surface area contributed by atoms with E-state index in [4.69, 9.17) is 9.97 Å². The molecule has 0 bridgehead atoms. The fourth-order valence-electron chi connectivity index (χ4n) is 3.87. The molecule has 1 aromatic heterocycles. The largest absolute Gasteiger partial charge is 0.357 e. The third-order valence-corrected chi connectivity index (χ3v) is 6.50. The zero-order chi connectivity index (χ0) is 19.2. The van der Waals surface area contributed by atoms with E-state index < -0.39 is 16.1 Å². The lowest BCUT2D eigenvalue weighted by Crippen LogP contribution is -2.48. The van der Waals surface area contributed by atoms with Crippen LogP contribution < -0.4 is 9.80 Å². The predicted octanol–water partition coefficient (Wildman–Crippen LogP) is 1.23. The van der Waals surface area contributed by atoms with Crippen LogP contribution in [0.5, 0.6) is 0 Å². The van der Waals surface area contributed by atoms with Crippen LogP contribution in [0.3, 0.4) is 0 Å². The van der Waals surface area contributed by atoms with Crippen LogP contribution in [0.4, 0.5) is 11.6 Å². The summed E-state index contributed by atoms with van der Waals surface area (Å²) in [5, 5.41) is 0. The number of rotatable bonds is 2. The second-order valence-electron chi connectivity index (χ2n) is 7.16. The maximum Gasteiger partial charge on any atom is 0.246 e. The predicted molar refractivity (Wildman–Crippen MR) is 104 cm³/mol. The number of benzene rings is 1. The molecule has 0 radical (unpaired) electrons. The SMILES string of the molecule is CN1CCCN(C(=O)C2CCCN2S(C)(=O)=O)c2nc3ccccc3nc21. The number of fused-ring (bicyclic) bond motifs is 2. The molecule has 144 valence electrons. The van der Waals surface area contributed by atoms with Gasteiger partial charge in [0.25, 0.3) is 0 Å². The molecule has 1 aromatic carbocycles. The van der Waals surface area contributed by atoms with Gasteiger partial charge in [0.05, 0.1) is 17.3 Å². The van der Waals surface area contributed by atoms with Gasteiger partial charge in [0.15, 0.2) is 11.6 Å². The molecule has 2 aromatic rings. The number of carbonyl (C=O) groups excluding carboxylic acids is 1. The first-order valence-corrected chi connectivity index (χ1v) is 11.0. The molecular formula is C18H23N5O3S. The number of anilines is 2. The van der Waals surface area contributed by atoms with Gasteiger partial charge >= 0.3 is 0 Å². The van der Waals surface area contributed by atoms with Crippen LogP contribution in [0.1, 0.15) is 19.3 Å². The molecule has 1 fully saturated rings. The lowest BCUT2D eigenvalue weighted by Gasteiger charge is -2.28. The molecule has 0 aliphatic carbocycles. The molecule has 2 aliphatic rings. The van der Waals surface area contributed by atoms with Crippen molar-refractivity contribution in [2.24, 2.45) is 0 Å². The summed E-state index contributed by atoms with van der Waals surface area (Å²) in [6.45, 7) is 1.64. The fraction of sp³-hybridized carbons (Fsp3) is 0.500. The summed E-state index contributed by atoms with van der Waals surface area (Å²) in [5.74, 6) is 0.960. The summed E-state index contributed by atoms with van der Waals surface area (Å²) in [7, 11) is -1.49. The molecule has 0 spiro atoms. The van der Waals surface area contributed by atoms with Crippen LogP contribution in [-0.2, 0) is 14.8 Å². The van der Waals surface area contributed by atoms with Crippen molar-refractivity contribution in [3.8, 4) is 0 Å². The van der Waals surface area contributed by atoms with Gasteiger partial charge in [-0.3, -0.25) is 9.69 Å². The molecule has 1 atom stereocenters. The quantitative estimate of drug-likeness (QED) is 0.768. The van der Waals surface area contributed by atoms with Crippen LogP contribution >= 0.6 is 0 Å². The molecule has 1 saturated heterocycles. The van der Waals surface area contributed by atoms with E-state index >= 15 is 0 Å². The maximum atomic E-state index is 13.3. The highest BCUT2D eigenvalue weighted by Crippen LogP contribution is 2.32. The molecule has 8 nitrogen and oxygen atoms in total. The number of hydrogen-bond donors (Lipinski definition) is 0. The standard InChI is InChI=1S/C18H23N5O3S/c1-21-10-6-11-22(18(24)15-9-5-12-23(15)27(2,25)26)17-16(21)19-13-7-3-4-8-14(13)20-17/h3-4,7-8,15H,5-6,9-12H2,1-2H3. The average molecular weight is 389 g/mol. The van der Waals surface area contributed by atoms with E-state index in [1.807, 2.05) is 36.2 Å². The first-order chi connectivity index (χ1) is 12.9. The highest BCUT2D eigenvalue weighted by Gasteiger charge is 2.40. The summed E-state index contributed by atoms with van der Waals surface area (Å²) in [6, 6.07) is 6.90. The Morgan fingerprint density at radius 2 is 1.70 bits per heavy atom. The highest BCUT2D eigenvalue weighted by molar-refractivity contribution is 7.88. The van der Waals surface area contributed by atoms with Crippen LogP contribution in [0.15, 0.2) is 24.3 Å². The van der Waals surface area contributed by atoms with E-state index in [0.717, 1.165) is 30.3 Å². The normalized spacial score (nSPS) is 21.3. The van der Waals surface area contributed by atoms with Crippen molar-refractivity contribution >= 4 is 38.6 Å². The van der Waals surface area contributed by atoms with E-state index in [2.05, 4.69) is 0 Å². The van der Waals surface area contributed by atoms with Gasteiger partial charge in [-0.1, -0.05) is 12.1 Å². The lowest BCUT2D eigenvalue weighted by molar-refractivity contribution is -0.121. The molecule has 4 rings (SSSR count). The van der Waals surface area contributed by atoms with E-state index in [1.165, 1.54) is 4.31 Å².